The lowest BCUT2D eigenvalue weighted by molar-refractivity contribution is 0.233. The van der Waals surface area contributed by atoms with Gasteiger partial charge in [0.2, 0.25) is 0 Å². The Morgan fingerprint density at radius 2 is 0.625 bits per heavy atom. The quantitative estimate of drug-likeness (QED) is 0.346. The normalized spacial score (nSPS) is 8.50. The van der Waals surface area contributed by atoms with E-state index >= 15 is 0 Å². The van der Waals surface area contributed by atoms with Crippen LogP contribution in [-0.2, 0) is 18.6 Å². The number of hydrogen-bond acceptors (Lipinski definition) is 8. The highest BCUT2D eigenvalue weighted by Gasteiger charge is 2.08. The van der Waals surface area contributed by atoms with E-state index in [9.17, 15) is 17.3 Å². The molecule has 0 bridgehead atoms. The maximum atomic E-state index is 11.0. The number of halogens is 4. The predicted molar refractivity (Wildman–Crippen MR) is 82.8 cm³/mol. The van der Waals surface area contributed by atoms with Crippen LogP contribution in [0.3, 0.4) is 0 Å². The van der Waals surface area contributed by atoms with Gasteiger partial charge in [-0.05, 0) is 27.7 Å². The molecule has 0 spiro atoms. The number of rotatable bonds is 8. The SMILES string of the molecule is CCOB(O)F.CCOB(O)F.CCOB(O)F.CCOB(O)F. The zero-order chi connectivity index (χ0) is 20.0. The second kappa shape index (κ2) is 27.5. The van der Waals surface area contributed by atoms with Crippen LogP contribution in [0.5, 0.6) is 0 Å². The Kier molecular flexibility index (Phi) is 36.0. The van der Waals surface area contributed by atoms with Crippen molar-refractivity contribution >= 4 is 29.6 Å². The minimum atomic E-state index is -2.10. The molecule has 8 nitrogen and oxygen atoms in total. The lowest BCUT2D eigenvalue weighted by atomic mass is 10.3. The van der Waals surface area contributed by atoms with Gasteiger partial charge in [-0.2, -0.15) is 0 Å². The molecule has 4 N–H and O–H groups in total. The summed E-state index contributed by atoms with van der Waals surface area (Å²) in [7, 11) is -8.41. The third-order valence-electron chi connectivity index (χ3n) is 1.22. The molecule has 0 aliphatic rings. The van der Waals surface area contributed by atoms with Gasteiger partial charge in [0.15, 0.2) is 0 Å². The highest BCUT2D eigenvalue weighted by molar-refractivity contribution is 6.34. The van der Waals surface area contributed by atoms with Gasteiger partial charge in [-0.1, -0.05) is 0 Å². The first-order valence-electron chi connectivity index (χ1n) is 6.83. The molecule has 0 saturated heterocycles. The maximum Gasteiger partial charge on any atom is 0.677 e. The van der Waals surface area contributed by atoms with Crippen molar-refractivity contribution in [1.29, 1.82) is 0 Å². The van der Waals surface area contributed by atoms with Crippen molar-refractivity contribution in [2.45, 2.75) is 27.7 Å². The van der Waals surface area contributed by atoms with Crippen LogP contribution in [0.1, 0.15) is 27.7 Å². The first-order chi connectivity index (χ1) is 11.1. The predicted octanol–water partition coefficient (Wildman–Crippen LogP) is -0.122. The van der Waals surface area contributed by atoms with Crippen molar-refractivity contribution in [1.82, 2.24) is 0 Å². The van der Waals surface area contributed by atoms with E-state index in [-0.39, 0.29) is 26.4 Å². The van der Waals surface area contributed by atoms with Crippen molar-refractivity contribution in [2.75, 3.05) is 26.4 Å². The molecule has 0 atom stereocenters. The molecule has 0 aromatic heterocycles. The summed E-state index contributed by atoms with van der Waals surface area (Å²) in [5, 5.41) is 30.7. The van der Waals surface area contributed by atoms with Crippen LogP contribution in [0.4, 0.5) is 17.3 Å². The van der Waals surface area contributed by atoms with Gasteiger partial charge in [0.05, 0.1) is 0 Å². The van der Waals surface area contributed by atoms with E-state index in [4.69, 9.17) is 20.1 Å². The molecule has 0 unspecified atom stereocenters. The van der Waals surface area contributed by atoms with Crippen LogP contribution in [0.15, 0.2) is 0 Å². The molecule has 0 fully saturated rings. The molecule has 24 heavy (non-hydrogen) atoms. The van der Waals surface area contributed by atoms with Crippen molar-refractivity contribution in [3.8, 4) is 0 Å². The third kappa shape index (κ3) is 68.0. The average molecular weight is 368 g/mol. The Labute approximate surface area is 140 Å². The van der Waals surface area contributed by atoms with E-state index in [1.165, 1.54) is 0 Å². The highest BCUT2D eigenvalue weighted by Crippen LogP contribution is 1.78. The molecular formula is C8H24B4F4O8. The van der Waals surface area contributed by atoms with Gasteiger partial charge in [0.25, 0.3) is 0 Å². The standard InChI is InChI=1S/4C2H6BFO2/c4*1-2-6-3(4)5/h4*5H,2H2,1H3. The summed E-state index contributed by atoms with van der Waals surface area (Å²) in [5.41, 5.74) is 0. The van der Waals surface area contributed by atoms with Gasteiger partial charge < -0.3 is 38.7 Å². The molecule has 0 aromatic carbocycles. The smallest absolute Gasteiger partial charge is 0.398 e. The van der Waals surface area contributed by atoms with Gasteiger partial charge in [0.1, 0.15) is 0 Å². The number of hydrogen-bond donors (Lipinski definition) is 4. The molecule has 16 heteroatoms. The van der Waals surface area contributed by atoms with Crippen molar-refractivity contribution in [3.63, 3.8) is 0 Å². The fraction of sp³-hybridized carbons (Fsp3) is 1.00. The van der Waals surface area contributed by atoms with Crippen LogP contribution in [-0.4, -0.2) is 76.1 Å². The molecular weight excluding hydrogens is 343 g/mol. The van der Waals surface area contributed by atoms with Gasteiger partial charge in [0, 0.05) is 26.4 Å². The van der Waals surface area contributed by atoms with Crippen molar-refractivity contribution in [3.05, 3.63) is 0 Å². The van der Waals surface area contributed by atoms with Crippen molar-refractivity contribution in [2.24, 2.45) is 0 Å². The fourth-order valence-electron chi connectivity index (χ4n) is 0.550. The zero-order valence-corrected chi connectivity index (χ0v) is 14.1. The van der Waals surface area contributed by atoms with Crippen LogP contribution < -0.4 is 0 Å². The summed E-state index contributed by atoms with van der Waals surface area (Å²) in [4.78, 5) is 0. The molecule has 0 aliphatic heterocycles. The lowest BCUT2D eigenvalue weighted by Gasteiger charge is -1.89. The molecule has 0 aromatic rings. The first-order valence-corrected chi connectivity index (χ1v) is 6.83. The topological polar surface area (TPSA) is 118 Å². The van der Waals surface area contributed by atoms with E-state index in [1.54, 1.807) is 27.7 Å². The molecule has 0 heterocycles. The Hall–Kier alpha value is -0.340. The second-order valence-electron chi connectivity index (χ2n) is 2.99. The Morgan fingerprint density at radius 3 is 0.625 bits per heavy atom. The molecule has 144 valence electrons. The van der Waals surface area contributed by atoms with E-state index in [0.717, 1.165) is 0 Å². The summed E-state index contributed by atoms with van der Waals surface area (Å²) in [6.07, 6.45) is 0. The zero-order valence-electron chi connectivity index (χ0n) is 14.1. The van der Waals surface area contributed by atoms with Gasteiger partial charge in [-0.15, -0.1) is 0 Å². The molecule has 0 rings (SSSR count). The fourth-order valence-corrected chi connectivity index (χ4v) is 0.550. The minimum Gasteiger partial charge on any atom is -0.398 e. The third-order valence-corrected chi connectivity index (χ3v) is 1.22. The van der Waals surface area contributed by atoms with Crippen molar-refractivity contribution < 1.29 is 56.0 Å². The van der Waals surface area contributed by atoms with Crippen LogP contribution >= 0.6 is 0 Å². The van der Waals surface area contributed by atoms with E-state index in [0.29, 0.717) is 0 Å². The molecule has 0 aliphatic carbocycles. The Bertz CT molecular complexity index is 171. The minimum absolute atomic E-state index is 0.206. The monoisotopic (exact) mass is 368 g/mol. The highest BCUT2D eigenvalue weighted by atomic mass is 19.1. The van der Waals surface area contributed by atoms with Gasteiger partial charge in [-0.25, -0.2) is 0 Å². The summed E-state index contributed by atoms with van der Waals surface area (Å²) < 4.78 is 59.9. The van der Waals surface area contributed by atoms with Crippen LogP contribution in [0.2, 0.25) is 0 Å². The van der Waals surface area contributed by atoms with Gasteiger partial charge in [-0.3, -0.25) is 17.3 Å². The molecule has 0 saturated carbocycles. The Balaban J connectivity index is -0.000000111. The largest absolute Gasteiger partial charge is 0.677 e. The summed E-state index contributed by atoms with van der Waals surface area (Å²) in [5.74, 6) is 0. The maximum absolute atomic E-state index is 11.0. The first kappa shape index (κ1) is 31.4. The second-order valence-corrected chi connectivity index (χ2v) is 2.99. The lowest BCUT2D eigenvalue weighted by Crippen LogP contribution is -2.09. The van der Waals surface area contributed by atoms with Crippen LogP contribution in [0.25, 0.3) is 0 Å². The molecule has 0 radical (unpaired) electrons. The Morgan fingerprint density at radius 1 is 0.500 bits per heavy atom. The van der Waals surface area contributed by atoms with E-state index < -0.39 is 29.6 Å². The van der Waals surface area contributed by atoms with Gasteiger partial charge >= 0.3 is 29.6 Å². The summed E-state index contributed by atoms with van der Waals surface area (Å²) in [6, 6.07) is 0. The van der Waals surface area contributed by atoms with Crippen LogP contribution in [0, 0.1) is 0 Å². The summed E-state index contributed by atoms with van der Waals surface area (Å²) in [6.45, 7) is 7.22. The van der Waals surface area contributed by atoms with E-state index in [1.807, 2.05) is 0 Å². The summed E-state index contributed by atoms with van der Waals surface area (Å²) >= 11 is 0. The molecule has 0 amide bonds. The average Bonchev–Trinajstić information content (AvgIpc) is 2.39. The van der Waals surface area contributed by atoms with E-state index in [2.05, 4.69) is 18.6 Å².